The van der Waals surface area contributed by atoms with Crippen LogP contribution in [0.2, 0.25) is 0 Å². The highest BCUT2D eigenvalue weighted by atomic mass is 32.1. The number of nitrogens with zero attached hydrogens (tertiary/aromatic N) is 2. The maximum absolute atomic E-state index is 11.0. The van der Waals surface area contributed by atoms with Gasteiger partial charge in [0.25, 0.3) is 0 Å². The smallest absolute Gasteiger partial charge is 0.323 e. The molecule has 0 aliphatic carbocycles. The number of nitro benzene ring substituents is 1. The van der Waals surface area contributed by atoms with Crippen molar-refractivity contribution in [1.29, 1.82) is 0 Å². The van der Waals surface area contributed by atoms with Gasteiger partial charge in [-0.3, -0.25) is 15.5 Å². The fraction of sp³-hybridized carbons (Fsp3) is 0.111. The van der Waals surface area contributed by atoms with Crippen LogP contribution in [0, 0.1) is 10.1 Å². The van der Waals surface area contributed by atoms with Gasteiger partial charge in [-0.05, 0) is 24.4 Å². The Hall–Kier alpha value is -2.42. The standard InChI is InChI=1S/C9H8N4O4S/c10-9(18)12-11-3-5-1-2-6-8(17-4-16-6)7(5)13(14)15/h1-3H,4H2,(H3,10,12,18)/b11-3+. The molecule has 1 aromatic carbocycles. The number of benzene rings is 1. The third-order valence-electron chi connectivity index (χ3n) is 2.11. The molecule has 9 heteroatoms. The van der Waals surface area contributed by atoms with Crippen LogP contribution in [0.25, 0.3) is 0 Å². The topological polar surface area (TPSA) is 112 Å². The van der Waals surface area contributed by atoms with Gasteiger partial charge in [-0.25, -0.2) is 0 Å². The van der Waals surface area contributed by atoms with Crippen LogP contribution in [0.3, 0.4) is 0 Å². The number of nitro groups is 1. The summed E-state index contributed by atoms with van der Waals surface area (Å²) in [5.74, 6) is 0.431. The molecule has 1 aliphatic rings. The Bertz CT molecular complexity index is 546. The minimum Gasteiger partial charge on any atom is -0.453 e. The monoisotopic (exact) mass is 268 g/mol. The van der Waals surface area contributed by atoms with Gasteiger partial charge in [-0.15, -0.1) is 0 Å². The first-order chi connectivity index (χ1) is 8.59. The largest absolute Gasteiger partial charge is 0.453 e. The molecule has 2 rings (SSSR count). The lowest BCUT2D eigenvalue weighted by Crippen LogP contribution is -2.24. The van der Waals surface area contributed by atoms with Gasteiger partial charge in [-0.1, -0.05) is 0 Å². The van der Waals surface area contributed by atoms with Crippen molar-refractivity contribution in [3.8, 4) is 11.5 Å². The molecular formula is C9H8N4O4S. The van der Waals surface area contributed by atoms with Crippen LogP contribution in [-0.4, -0.2) is 23.0 Å². The molecule has 1 heterocycles. The first kappa shape index (κ1) is 12.0. The van der Waals surface area contributed by atoms with E-state index in [9.17, 15) is 10.1 Å². The lowest BCUT2D eigenvalue weighted by molar-refractivity contribution is -0.385. The summed E-state index contributed by atoms with van der Waals surface area (Å²) in [4.78, 5) is 10.5. The van der Waals surface area contributed by atoms with Gasteiger partial charge in [0, 0.05) is 0 Å². The van der Waals surface area contributed by atoms with Gasteiger partial charge < -0.3 is 15.2 Å². The second-order valence-corrected chi connectivity index (χ2v) is 3.67. The highest BCUT2D eigenvalue weighted by molar-refractivity contribution is 7.80. The normalized spacial score (nSPS) is 12.7. The number of nitrogens with two attached hydrogens (primary N) is 1. The van der Waals surface area contributed by atoms with E-state index in [1.54, 1.807) is 6.07 Å². The van der Waals surface area contributed by atoms with E-state index in [-0.39, 0.29) is 28.9 Å². The van der Waals surface area contributed by atoms with Crippen molar-refractivity contribution in [3.05, 3.63) is 27.8 Å². The molecule has 0 amide bonds. The molecule has 0 spiro atoms. The summed E-state index contributed by atoms with van der Waals surface area (Å²) in [6, 6.07) is 3.06. The third kappa shape index (κ3) is 2.30. The van der Waals surface area contributed by atoms with Gasteiger partial charge in [0.2, 0.25) is 12.5 Å². The summed E-state index contributed by atoms with van der Waals surface area (Å²) in [7, 11) is 0. The Morgan fingerprint density at radius 2 is 2.39 bits per heavy atom. The second kappa shape index (κ2) is 4.84. The predicted octanol–water partition coefficient (Wildman–Crippen LogP) is 0.491. The fourth-order valence-electron chi connectivity index (χ4n) is 1.43. The van der Waals surface area contributed by atoms with E-state index < -0.39 is 4.92 Å². The van der Waals surface area contributed by atoms with Crippen molar-refractivity contribution in [2.24, 2.45) is 10.8 Å². The average Bonchev–Trinajstić information content (AvgIpc) is 2.75. The predicted molar refractivity (Wildman–Crippen MR) is 66.7 cm³/mol. The molecule has 0 aromatic heterocycles. The summed E-state index contributed by atoms with van der Waals surface area (Å²) in [5, 5.41) is 14.7. The van der Waals surface area contributed by atoms with Gasteiger partial charge in [0.05, 0.1) is 16.7 Å². The molecule has 0 fully saturated rings. The number of hydrogen-bond acceptors (Lipinski definition) is 6. The van der Waals surface area contributed by atoms with Crippen LogP contribution in [-0.2, 0) is 0 Å². The summed E-state index contributed by atoms with van der Waals surface area (Å²) in [6.45, 7) is -0.0398. The maximum Gasteiger partial charge on any atom is 0.323 e. The van der Waals surface area contributed by atoms with E-state index in [1.165, 1.54) is 12.3 Å². The third-order valence-corrected chi connectivity index (χ3v) is 2.20. The number of thiocarbonyl (C=S) groups is 1. The summed E-state index contributed by atoms with van der Waals surface area (Å²) >= 11 is 4.55. The van der Waals surface area contributed by atoms with E-state index in [4.69, 9.17) is 15.2 Å². The number of hydrogen-bond donors (Lipinski definition) is 2. The number of fused-ring (bicyclic) bond motifs is 1. The lowest BCUT2D eigenvalue weighted by atomic mass is 10.1. The zero-order valence-electron chi connectivity index (χ0n) is 8.95. The Morgan fingerprint density at radius 3 is 3.06 bits per heavy atom. The van der Waals surface area contributed by atoms with Crippen molar-refractivity contribution in [2.45, 2.75) is 0 Å². The van der Waals surface area contributed by atoms with Gasteiger partial charge >= 0.3 is 5.69 Å². The quantitative estimate of drug-likeness (QED) is 0.355. The average molecular weight is 268 g/mol. The van der Waals surface area contributed by atoms with Crippen molar-refractivity contribution in [2.75, 3.05) is 6.79 Å². The highest BCUT2D eigenvalue weighted by Crippen LogP contribution is 2.42. The second-order valence-electron chi connectivity index (χ2n) is 3.23. The van der Waals surface area contributed by atoms with Gasteiger partial charge in [0.1, 0.15) is 0 Å². The van der Waals surface area contributed by atoms with Gasteiger partial charge in [-0.2, -0.15) is 5.10 Å². The van der Waals surface area contributed by atoms with E-state index >= 15 is 0 Å². The van der Waals surface area contributed by atoms with E-state index in [0.717, 1.165) is 0 Å². The number of ether oxygens (including phenoxy) is 2. The van der Waals surface area contributed by atoms with Crippen molar-refractivity contribution >= 4 is 29.2 Å². The number of hydrazone groups is 1. The number of rotatable bonds is 3. The molecule has 0 bridgehead atoms. The fourth-order valence-corrected chi connectivity index (χ4v) is 1.48. The van der Waals surface area contributed by atoms with Crippen LogP contribution in [0.4, 0.5) is 5.69 Å². The SMILES string of the molecule is NC(=S)N/N=C/c1ccc2c(c1[N+](=O)[O-])OCO2. The lowest BCUT2D eigenvalue weighted by Gasteiger charge is -2.01. The van der Waals surface area contributed by atoms with Crippen molar-refractivity contribution in [1.82, 2.24) is 5.43 Å². The number of nitrogens with one attached hydrogen (secondary N) is 1. The van der Waals surface area contributed by atoms with Crippen LogP contribution in [0.5, 0.6) is 11.5 Å². The van der Waals surface area contributed by atoms with Crippen LogP contribution < -0.4 is 20.6 Å². The van der Waals surface area contributed by atoms with Crippen LogP contribution in [0.1, 0.15) is 5.56 Å². The Morgan fingerprint density at radius 1 is 1.61 bits per heavy atom. The highest BCUT2D eigenvalue weighted by Gasteiger charge is 2.28. The molecule has 18 heavy (non-hydrogen) atoms. The van der Waals surface area contributed by atoms with E-state index in [2.05, 4.69) is 22.7 Å². The molecular weight excluding hydrogens is 260 g/mol. The molecule has 8 nitrogen and oxygen atoms in total. The van der Waals surface area contributed by atoms with Crippen molar-refractivity contribution in [3.63, 3.8) is 0 Å². The first-order valence-corrected chi connectivity index (χ1v) is 5.16. The Kier molecular flexibility index (Phi) is 3.24. The first-order valence-electron chi connectivity index (χ1n) is 4.75. The molecule has 0 radical (unpaired) electrons. The van der Waals surface area contributed by atoms with Gasteiger partial charge in [0.15, 0.2) is 10.9 Å². The zero-order valence-corrected chi connectivity index (χ0v) is 9.77. The molecule has 0 atom stereocenters. The Labute approximate surface area is 107 Å². The minimum absolute atomic E-state index is 0.0327. The molecule has 3 N–H and O–H groups in total. The molecule has 94 valence electrons. The molecule has 0 saturated carbocycles. The maximum atomic E-state index is 11.0. The summed E-state index contributed by atoms with van der Waals surface area (Å²) < 4.78 is 10.1. The van der Waals surface area contributed by atoms with Crippen LogP contribution >= 0.6 is 12.2 Å². The zero-order chi connectivity index (χ0) is 13.1. The molecule has 1 aliphatic heterocycles. The minimum atomic E-state index is -0.560. The molecule has 1 aromatic rings. The van der Waals surface area contributed by atoms with Crippen molar-refractivity contribution < 1.29 is 14.4 Å². The summed E-state index contributed by atoms with van der Waals surface area (Å²) in [6.07, 6.45) is 1.24. The van der Waals surface area contributed by atoms with Crippen LogP contribution in [0.15, 0.2) is 17.2 Å². The Balaban J connectivity index is 2.39. The molecule has 0 saturated heterocycles. The van der Waals surface area contributed by atoms with E-state index in [1.807, 2.05) is 0 Å². The van der Waals surface area contributed by atoms with E-state index in [0.29, 0.717) is 5.75 Å². The molecule has 0 unspecified atom stereocenters. The summed E-state index contributed by atoms with van der Waals surface area (Å²) in [5.41, 5.74) is 7.53.